The van der Waals surface area contributed by atoms with E-state index in [9.17, 15) is 4.39 Å². The summed E-state index contributed by atoms with van der Waals surface area (Å²) in [6, 6.07) is 5.09. The minimum atomic E-state index is -0.223. The highest BCUT2D eigenvalue weighted by molar-refractivity contribution is 5.60. The maximum absolute atomic E-state index is 13.2. The van der Waals surface area contributed by atoms with Crippen LogP contribution in [0.1, 0.15) is 35.7 Å². The lowest BCUT2D eigenvalue weighted by atomic mass is 9.92. The highest BCUT2D eigenvalue weighted by Crippen LogP contribution is 2.29. The summed E-state index contributed by atoms with van der Waals surface area (Å²) in [7, 11) is 1.97. The standard InChI is InChI=1S/C16H18FN3/c1-10-8-11(17)6-7-12(10)16-19-9-13-14(18-2)4-3-5-15(13)20-16/h6-9,14,18H,3-5H2,1-2H3. The number of benzene rings is 1. The van der Waals surface area contributed by atoms with Gasteiger partial charge in [0.15, 0.2) is 5.82 Å². The van der Waals surface area contributed by atoms with E-state index in [2.05, 4.69) is 10.3 Å². The zero-order valence-electron chi connectivity index (χ0n) is 11.8. The fraction of sp³-hybridized carbons (Fsp3) is 0.375. The van der Waals surface area contributed by atoms with Crippen molar-refractivity contribution in [2.75, 3.05) is 7.05 Å². The van der Waals surface area contributed by atoms with Gasteiger partial charge in [-0.05, 0) is 57.0 Å². The Morgan fingerprint density at radius 3 is 2.95 bits per heavy atom. The van der Waals surface area contributed by atoms with Gasteiger partial charge in [0.05, 0.1) is 0 Å². The number of aryl methyl sites for hydroxylation is 2. The molecule has 3 nitrogen and oxygen atoms in total. The lowest BCUT2D eigenvalue weighted by Crippen LogP contribution is -2.22. The van der Waals surface area contributed by atoms with Gasteiger partial charge in [0.1, 0.15) is 5.82 Å². The number of rotatable bonds is 2. The second-order valence-corrected chi connectivity index (χ2v) is 5.29. The highest BCUT2D eigenvalue weighted by Gasteiger charge is 2.21. The number of nitrogens with zero attached hydrogens (tertiary/aromatic N) is 2. The van der Waals surface area contributed by atoms with Crippen molar-refractivity contribution < 1.29 is 4.39 Å². The molecule has 0 amide bonds. The molecule has 1 unspecified atom stereocenters. The molecule has 20 heavy (non-hydrogen) atoms. The van der Waals surface area contributed by atoms with Crippen LogP contribution < -0.4 is 5.32 Å². The van der Waals surface area contributed by atoms with E-state index in [4.69, 9.17) is 4.98 Å². The molecule has 1 heterocycles. The Kier molecular flexibility index (Phi) is 3.49. The zero-order chi connectivity index (χ0) is 14.1. The van der Waals surface area contributed by atoms with Gasteiger partial charge in [-0.25, -0.2) is 14.4 Å². The smallest absolute Gasteiger partial charge is 0.159 e. The van der Waals surface area contributed by atoms with Gasteiger partial charge >= 0.3 is 0 Å². The molecule has 0 aliphatic heterocycles. The van der Waals surface area contributed by atoms with Crippen LogP contribution in [0.3, 0.4) is 0 Å². The average molecular weight is 271 g/mol. The molecule has 3 rings (SSSR count). The van der Waals surface area contributed by atoms with E-state index in [1.54, 1.807) is 6.07 Å². The molecule has 4 heteroatoms. The predicted molar refractivity (Wildman–Crippen MR) is 76.9 cm³/mol. The third kappa shape index (κ3) is 2.31. The second-order valence-electron chi connectivity index (χ2n) is 5.29. The molecule has 1 aromatic carbocycles. The molecule has 1 aromatic heterocycles. The fourth-order valence-corrected chi connectivity index (χ4v) is 2.85. The first-order valence-electron chi connectivity index (χ1n) is 6.98. The van der Waals surface area contributed by atoms with Crippen LogP contribution >= 0.6 is 0 Å². The number of hydrogen-bond acceptors (Lipinski definition) is 3. The minimum absolute atomic E-state index is 0.223. The third-order valence-corrected chi connectivity index (χ3v) is 3.96. The molecule has 1 atom stereocenters. The van der Waals surface area contributed by atoms with Crippen molar-refractivity contribution in [2.45, 2.75) is 32.2 Å². The van der Waals surface area contributed by atoms with Gasteiger partial charge in [0.25, 0.3) is 0 Å². The fourth-order valence-electron chi connectivity index (χ4n) is 2.85. The van der Waals surface area contributed by atoms with Crippen LogP contribution in [0.5, 0.6) is 0 Å². The first-order valence-corrected chi connectivity index (χ1v) is 6.98. The number of fused-ring (bicyclic) bond motifs is 1. The first kappa shape index (κ1) is 13.2. The molecule has 1 N–H and O–H groups in total. The molecule has 104 valence electrons. The van der Waals surface area contributed by atoms with Crippen molar-refractivity contribution in [3.8, 4) is 11.4 Å². The van der Waals surface area contributed by atoms with Crippen molar-refractivity contribution in [3.63, 3.8) is 0 Å². The van der Waals surface area contributed by atoms with Crippen molar-refractivity contribution in [1.29, 1.82) is 0 Å². The third-order valence-electron chi connectivity index (χ3n) is 3.96. The Hall–Kier alpha value is -1.81. The quantitative estimate of drug-likeness (QED) is 0.911. The van der Waals surface area contributed by atoms with Crippen LogP contribution in [-0.2, 0) is 6.42 Å². The largest absolute Gasteiger partial charge is 0.313 e. The molecule has 0 bridgehead atoms. The Morgan fingerprint density at radius 1 is 1.35 bits per heavy atom. The van der Waals surface area contributed by atoms with E-state index in [-0.39, 0.29) is 5.82 Å². The molecule has 0 spiro atoms. The van der Waals surface area contributed by atoms with E-state index in [0.717, 1.165) is 36.1 Å². The van der Waals surface area contributed by atoms with Gasteiger partial charge in [-0.1, -0.05) is 0 Å². The summed E-state index contributed by atoms with van der Waals surface area (Å²) >= 11 is 0. The Labute approximate surface area is 118 Å². The lowest BCUT2D eigenvalue weighted by molar-refractivity contribution is 0.488. The van der Waals surface area contributed by atoms with Crippen LogP contribution in [0.25, 0.3) is 11.4 Å². The second kappa shape index (κ2) is 5.29. The molecule has 0 saturated heterocycles. The van der Waals surface area contributed by atoms with Gasteiger partial charge in [0, 0.05) is 29.1 Å². The van der Waals surface area contributed by atoms with Crippen LogP contribution in [0.2, 0.25) is 0 Å². The maximum atomic E-state index is 13.2. The topological polar surface area (TPSA) is 37.8 Å². The van der Waals surface area contributed by atoms with Gasteiger partial charge in [0.2, 0.25) is 0 Å². The molecule has 0 saturated carbocycles. The van der Waals surface area contributed by atoms with E-state index in [0.29, 0.717) is 11.9 Å². The summed E-state index contributed by atoms with van der Waals surface area (Å²) in [4.78, 5) is 9.18. The molecular weight excluding hydrogens is 253 g/mol. The normalized spacial score (nSPS) is 17.9. The van der Waals surface area contributed by atoms with Crippen LogP contribution in [-0.4, -0.2) is 17.0 Å². The minimum Gasteiger partial charge on any atom is -0.313 e. The van der Waals surface area contributed by atoms with Crippen LogP contribution in [0.4, 0.5) is 4.39 Å². The Balaban J connectivity index is 2.04. The summed E-state index contributed by atoms with van der Waals surface area (Å²) in [5, 5.41) is 3.31. The van der Waals surface area contributed by atoms with E-state index in [1.165, 1.54) is 17.7 Å². The summed E-state index contributed by atoms with van der Waals surface area (Å²) in [6.45, 7) is 1.89. The summed E-state index contributed by atoms with van der Waals surface area (Å²) in [5.74, 6) is 0.470. The SMILES string of the molecule is CNC1CCCc2nc(-c3ccc(F)cc3C)ncc21. The van der Waals surface area contributed by atoms with Crippen LogP contribution in [0.15, 0.2) is 24.4 Å². The monoisotopic (exact) mass is 271 g/mol. The predicted octanol–water partition coefficient (Wildman–Crippen LogP) is 3.19. The highest BCUT2D eigenvalue weighted by atomic mass is 19.1. The van der Waals surface area contributed by atoms with Gasteiger partial charge in [-0.2, -0.15) is 0 Å². The summed E-state index contributed by atoms with van der Waals surface area (Å²) < 4.78 is 13.2. The molecule has 1 aliphatic carbocycles. The summed E-state index contributed by atoms with van der Waals surface area (Å²) in [6.07, 6.45) is 5.17. The molecule has 0 fully saturated rings. The molecule has 2 aromatic rings. The van der Waals surface area contributed by atoms with Crippen molar-refractivity contribution >= 4 is 0 Å². The molecule has 1 aliphatic rings. The van der Waals surface area contributed by atoms with Crippen molar-refractivity contribution in [2.24, 2.45) is 0 Å². The maximum Gasteiger partial charge on any atom is 0.159 e. The number of hydrogen-bond donors (Lipinski definition) is 1. The van der Waals surface area contributed by atoms with Crippen LogP contribution in [0, 0.1) is 12.7 Å². The zero-order valence-corrected chi connectivity index (χ0v) is 11.8. The summed E-state index contributed by atoms with van der Waals surface area (Å²) in [5.41, 5.74) is 4.08. The molecule has 0 radical (unpaired) electrons. The Morgan fingerprint density at radius 2 is 2.20 bits per heavy atom. The van der Waals surface area contributed by atoms with E-state index < -0.39 is 0 Å². The van der Waals surface area contributed by atoms with Gasteiger partial charge in [-0.15, -0.1) is 0 Å². The van der Waals surface area contributed by atoms with E-state index in [1.807, 2.05) is 20.2 Å². The van der Waals surface area contributed by atoms with Gasteiger partial charge < -0.3 is 5.32 Å². The Bertz CT molecular complexity index is 640. The average Bonchev–Trinajstić information content (AvgIpc) is 2.46. The number of aromatic nitrogens is 2. The first-order chi connectivity index (χ1) is 9.69. The number of halogens is 1. The van der Waals surface area contributed by atoms with E-state index >= 15 is 0 Å². The van der Waals surface area contributed by atoms with Gasteiger partial charge in [-0.3, -0.25) is 0 Å². The van der Waals surface area contributed by atoms with Crippen molar-refractivity contribution in [3.05, 3.63) is 47.0 Å². The van der Waals surface area contributed by atoms with Crippen molar-refractivity contribution in [1.82, 2.24) is 15.3 Å². The molecular formula is C16H18FN3. The number of nitrogens with one attached hydrogen (secondary N) is 1. The lowest BCUT2D eigenvalue weighted by Gasteiger charge is -2.24.